The van der Waals surface area contributed by atoms with Crippen molar-refractivity contribution in [3.05, 3.63) is 59.0 Å². The van der Waals surface area contributed by atoms with Crippen LogP contribution in [0.3, 0.4) is 0 Å². The van der Waals surface area contributed by atoms with E-state index in [-0.39, 0.29) is 23.8 Å². The molecule has 0 aliphatic carbocycles. The summed E-state index contributed by atoms with van der Waals surface area (Å²) in [4.78, 5) is 28.7. The van der Waals surface area contributed by atoms with Crippen molar-refractivity contribution in [2.24, 2.45) is 0 Å². The van der Waals surface area contributed by atoms with Crippen molar-refractivity contribution < 1.29 is 14.0 Å². The smallest absolute Gasteiger partial charge is 0.236 e. The fourth-order valence-electron chi connectivity index (χ4n) is 4.34. The molecular weight excluding hydrogens is 354 g/mol. The Morgan fingerprint density at radius 2 is 1.93 bits per heavy atom. The number of hydrogen-bond acceptors (Lipinski definition) is 4. The van der Waals surface area contributed by atoms with E-state index in [0.717, 1.165) is 31.0 Å². The molecule has 0 spiro atoms. The quantitative estimate of drug-likeness (QED) is 0.881. The molecule has 2 aliphatic rings. The van der Waals surface area contributed by atoms with Crippen LogP contribution >= 0.6 is 0 Å². The van der Waals surface area contributed by atoms with E-state index in [2.05, 4.69) is 34.5 Å². The maximum Gasteiger partial charge on any atom is 0.236 e. The largest absolute Gasteiger partial charge is 0.466 e. The Morgan fingerprint density at radius 1 is 1.14 bits per heavy atom. The molecule has 1 fully saturated rings. The molecule has 6 heteroatoms. The standard InChI is InChI=1S/C22H27N3O3/c1-15-7-8-21(28-15)19-12-25(13-20(19)23-16(2)26)22(27)14-24-10-9-17-5-3-4-6-18(17)11-24/h3-8,19-20H,9-14H2,1-2H3,(H,23,26)/t19-,20-/m1/s1. The first-order valence-electron chi connectivity index (χ1n) is 9.90. The van der Waals surface area contributed by atoms with Crippen molar-refractivity contribution in [2.75, 3.05) is 26.2 Å². The van der Waals surface area contributed by atoms with Gasteiger partial charge in [-0.3, -0.25) is 14.5 Å². The second-order valence-electron chi connectivity index (χ2n) is 7.89. The molecule has 0 radical (unpaired) electrons. The highest BCUT2D eigenvalue weighted by atomic mass is 16.3. The summed E-state index contributed by atoms with van der Waals surface area (Å²) in [5.74, 6) is 1.69. The zero-order valence-electron chi connectivity index (χ0n) is 16.5. The molecule has 2 aromatic rings. The first-order chi connectivity index (χ1) is 13.5. The number of fused-ring (bicyclic) bond motifs is 1. The Morgan fingerprint density at radius 3 is 2.64 bits per heavy atom. The summed E-state index contributed by atoms with van der Waals surface area (Å²) in [6.45, 7) is 6.63. The summed E-state index contributed by atoms with van der Waals surface area (Å²) in [6.07, 6.45) is 0.978. The number of hydrogen-bond donors (Lipinski definition) is 1. The predicted molar refractivity (Wildman–Crippen MR) is 106 cm³/mol. The Balaban J connectivity index is 1.42. The second-order valence-corrected chi connectivity index (χ2v) is 7.89. The number of amides is 2. The molecule has 2 atom stereocenters. The highest BCUT2D eigenvalue weighted by Gasteiger charge is 2.38. The number of benzene rings is 1. The van der Waals surface area contributed by atoms with Crippen molar-refractivity contribution in [2.45, 2.75) is 38.8 Å². The molecule has 0 bridgehead atoms. The summed E-state index contributed by atoms with van der Waals surface area (Å²) in [5, 5.41) is 2.99. The van der Waals surface area contributed by atoms with E-state index in [4.69, 9.17) is 4.42 Å². The van der Waals surface area contributed by atoms with E-state index in [1.54, 1.807) is 0 Å². The molecule has 3 heterocycles. The van der Waals surface area contributed by atoms with E-state index in [1.807, 2.05) is 24.0 Å². The molecule has 0 unspecified atom stereocenters. The van der Waals surface area contributed by atoms with Gasteiger partial charge in [-0.25, -0.2) is 0 Å². The van der Waals surface area contributed by atoms with Crippen LogP contribution in [0.5, 0.6) is 0 Å². The lowest BCUT2D eigenvalue weighted by molar-refractivity contribution is -0.132. The molecule has 0 saturated carbocycles. The van der Waals surface area contributed by atoms with Crippen LogP contribution in [0, 0.1) is 6.92 Å². The number of nitrogens with one attached hydrogen (secondary N) is 1. The highest BCUT2D eigenvalue weighted by molar-refractivity contribution is 5.79. The average Bonchev–Trinajstić information content (AvgIpc) is 3.27. The third-order valence-corrected chi connectivity index (χ3v) is 5.76. The molecule has 148 valence electrons. The third kappa shape index (κ3) is 3.97. The van der Waals surface area contributed by atoms with Crippen molar-refractivity contribution in [3.8, 4) is 0 Å². The number of carbonyl (C=O) groups excluding carboxylic acids is 2. The SMILES string of the molecule is CC(=O)N[C@@H]1CN(C(=O)CN2CCc3ccccc3C2)C[C@H]1c1ccc(C)o1. The van der Waals surface area contributed by atoms with Gasteiger partial charge in [-0.2, -0.15) is 0 Å². The van der Waals surface area contributed by atoms with E-state index in [0.29, 0.717) is 19.6 Å². The van der Waals surface area contributed by atoms with E-state index < -0.39 is 0 Å². The van der Waals surface area contributed by atoms with Crippen LogP contribution in [-0.2, 0) is 22.6 Å². The summed E-state index contributed by atoms with van der Waals surface area (Å²) < 4.78 is 5.80. The van der Waals surface area contributed by atoms with E-state index in [9.17, 15) is 9.59 Å². The normalized spacial score (nSPS) is 22.1. The Bertz CT molecular complexity index is 875. The minimum Gasteiger partial charge on any atom is -0.466 e. The summed E-state index contributed by atoms with van der Waals surface area (Å²) in [5.41, 5.74) is 2.69. The van der Waals surface area contributed by atoms with Gasteiger partial charge in [0.15, 0.2) is 0 Å². The van der Waals surface area contributed by atoms with Crippen molar-refractivity contribution in [1.29, 1.82) is 0 Å². The van der Waals surface area contributed by atoms with E-state index in [1.165, 1.54) is 18.1 Å². The summed E-state index contributed by atoms with van der Waals surface area (Å²) >= 11 is 0. The van der Waals surface area contributed by atoms with Crippen LogP contribution in [0.15, 0.2) is 40.8 Å². The van der Waals surface area contributed by atoms with Crippen LogP contribution in [0.1, 0.15) is 35.5 Å². The minimum atomic E-state index is -0.117. The Hall–Kier alpha value is -2.60. The number of rotatable bonds is 4. The van der Waals surface area contributed by atoms with Gasteiger partial charge in [0.05, 0.1) is 18.5 Å². The Labute approximate surface area is 165 Å². The van der Waals surface area contributed by atoms with Gasteiger partial charge in [-0.1, -0.05) is 24.3 Å². The second kappa shape index (κ2) is 7.80. The Kier molecular flexibility index (Phi) is 5.22. The van der Waals surface area contributed by atoms with Crippen molar-refractivity contribution in [1.82, 2.24) is 15.1 Å². The van der Waals surface area contributed by atoms with Gasteiger partial charge in [0.25, 0.3) is 0 Å². The zero-order valence-corrected chi connectivity index (χ0v) is 16.5. The number of furan rings is 1. The van der Waals surface area contributed by atoms with E-state index >= 15 is 0 Å². The summed E-state index contributed by atoms with van der Waals surface area (Å²) in [7, 11) is 0. The fourth-order valence-corrected chi connectivity index (χ4v) is 4.34. The zero-order chi connectivity index (χ0) is 19.7. The predicted octanol–water partition coefficient (Wildman–Crippen LogP) is 2.08. The monoisotopic (exact) mass is 381 g/mol. The molecule has 1 N–H and O–H groups in total. The molecule has 4 rings (SSSR count). The van der Waals surface area contributed by atoms with Gasteiger partial charge in [0.1, 0.15) is 11.5 Å². The molecular formula is C22H27N3O3. The van der Waals surface area contributed by atoms with Crippen molar-refractivity contribution in [3.63, 3.8) is 0 Å². The lowest BCUT2D eigenvalue weighted by atomic mass is 10.00. The highest BCUT2D eigenvalue weighted by Crippen LogP contribution is 2.29. The van der Waals surface area contributed by atoms with Gasteiger partial charge >= 0.3 is 0 Å². The molecule has 2 amide bonds. The first kappa shape index (κ1) is 18.7. The van der Waals surface area contributed by atoms with Crippen LogP contribution in [0.4, 0.5) is 0 Å². The lowest BCUT2D eigenvalue weighted by Crippen LogP contribution is -2.43. The van der Waals surface area contributed by atoms with Gasteiger partial charge in [0.2, 0.25) is 11.8 Å². The van der Waals surface area contributed by atoms with Gasteiger partial charge in [-0.05, 0) is 36.6 Å². The van der Waals surface area contributed by atoms with Crippen molar-refractivity contribution >= 4 is 11.8 Å². The van der Waals surface area contributed by atoms with Crippen LogP contribution in [-0.4, -0.2) is 53.8 Å². The average molecular weight is 381 g/mol. The third-order valence-electron chi connectivity index (χ3n) is 5.76. The van der Waals surface area contributed by atoms with Crippen LogP contribution in [0.25, 0.3) is 0 Å². The van der Waals surface area contributed by atoms with Gasteiger partial charge in [0, 0.05) is 33.1 Å². The lowest BCUT2D eigenvalue weighted by Gasteiger charge is -2.29. The summed E-state index contributed by atoms with van der Waals surface area (Å²) in [6, 6.07) is 12.2. The van der Waals surface area contributed by atoms with Crippen LogP contribution in [0.2, 0.25) is 0 Å². The number of likely N-dealkylation sites (tertiary alicyclic amines) is 1. The molecule has 1 saturated heterocycles. The minimum absolute atomic E-state index is 0.0105. The number of aryl methyl sites for hydroxylation is 1. The fraction of sp³-hybridized carbons (Fsp3) is 0.455. The molecule has 1 aromatic heterocycles. The topological polar surface area (TPSA) is 65.8 Å². The number of nitrogens with zero attached hydrogens (tertiary/aromatic N) is 2. The molecule has 6 nitrogen and oxygen atoms in total. The molecule has 2 aliphatic heterocycles. The molecule has 28 heavy (non-hydrogen) atoms. The number of carbonyl (C=O) groups is 2. The van der Waals surface area contributed by atoms with Gasteiger partial charge < -0.3 is 14.6 Å². The van der Waals surface area contributed by atoms with Crippen LogP contribution < -0.4 is 5.32 Å². The first-order valence-corrected chi connectivity index (χ1v) is 9.90. The maximum atomic E-state index is 13.0. The molecule has 1 aromatic carbocycles. The maximum absolute atomic E-state index is 13.0. The van der Waals surface area contributed by atoms with Gasteiger partial charge in [-0.15, -0.1) is 0 Å².